The number of rotatable bonds is 5. The summed E-state index contributed by atoms with van der Waals surface area (Å²) in [4.78, 5) is 28.6. The zero-order valence-corrected chi connectivity index (χ0v) is 15.1. The van der Waals surface area contributed by atoms with Crippen LogP contribution in [0.5, 0.6) is 0 Å². The van der Waals surface area contributed by atoms with Gasteiger partial charge in [-0.3, -0.25) is 14.5 Å². The van der Waals surface area contributed by atoms with Crippen molar-refractivity contribution in [1.82, 2.24) is 15.1 Å². The van der Waals surface area contributed by atoms with E-state index in [0.29, 0.717) is 12.5 Å². The topological polar surface area (TPSA) is 52.7 Å². The molecule has 0 saturated carbocycles. The molecule has 2 atom stereocenters. The number of likely N-dealkylation sites (tertiary alicyclic amines) is 1. The van der Waals surface area contributed by atoms with Gasteiger partial charge in [0, 0.05) is 32.6 Å². The van der Waals surface area contributed by atoms with Crippen molar-refractivity contribution in [2.24, 2.45) is 0 Å². The molecule has 0 radical (unpaired) electrons. The van der Waals surface area contributed by atoms with Crippen molar-refractivity contribution in [2.75, 3.05) is 20.1 Å². The van der Waals surface area contributed by atoms with Crippen molar-refractivity contribution in [1.29, 1.82) is 0 Å². The van der Waals surface area contributed by atoms with Crippen LogP contribution >= 0.6 is 0 Å². The fraction of sp³-hybridized carbons (Fsp3) is 0.600. The Hall–Kier alpha value is -1.88. The lowest BCUT2D eigenvalue weighted by Gasteiger charge is -2.38. The van der Waals surface area contributed by atoms with Crippen LogP contribution in [0.4, 0.5) is 0 Å². The lowest BCUT2D eigenvalue weighted by Crippen LogP contribution is -2.53. The molecule has 3 rings (SSSR count). The van der Waals surface area contributed by atoms with E-state index in [1.807, 2.05) is 18.0 Å². The molecule has 0 unspecified atom stereocenters. The van der Waals surface area contributed by atoms with E-state index in [-0.39, 0.29) is 17.9 Å². The van der Waals surface area contributed by atoms with Crippen molar-refractivity contribution in [2.45, 2.75) is 57.2 Å². The average Bonchev–Trinajstić information content (AvgIpc) is 2.63. The molecule has 2 amide bonds. The van der Waals surface area contributed by atoms with Gasteiger partial charge in [0.05, 0.1) is 0 Å². The number of likely N-dealkylation sites (N-methyl/N-ethyl adjacent to an activating group) is 1. The van der Waals surface area contributed by atoms with E-state index >= 15 is 0 Å². The molecule has 5 nitrogen and oxygen atoms in total. The molecule has 0 bridgehead atoms. The van der Waals surface area contributed by atoms with E-state index in [1.165, 1.54) is 18.4 Å². The van der Waals surface area contributed by atoms with E-state index < -0.39 is 0 Å². The molecule has 1 aromatic carbocycles. The van der Waals surface area contributed by atoms with Gasteiger partial charge in [-0.2, -0.15) is 0 Å². The summed E-state index contributed by atoms with van der Waals surface area (Å²) in [5, 5.41) is 2.84. The molecule has 2 saturated heterocycles. The number of amides is 2. The van der Waals surface area contributed by atoms with Crippen LogP contribution in [0.2, 0.25) is 0 Å². The molecule has 1 N–H and O–H groups in total. The highest BCUT2D eigenvalue weighted by Crippen LogP contribution is 2.21. The molecule has 0 aliphatic carbocycles. The molecule has 2 heterocycles. The van der Waals surface area contributed by atoms with Crippen LogP contribution in [-0.4, -0.2) is 53.8 Å². The maximum Gasteiger partial charge on any atom is 0.244 e. The Morgan fingerprint density at radius 1 is 1.20 bits per heavy atom. The zero-order valence-electron chi connectivity index (χ0n) is 15.1. The second kappa shape index (κ2) is 8.48. The Kier molecular flexibility index (Phi) is 6.08. The summed E-state index contributed by atoms with van der Waals surface area (Å²) >= 11 is 0. The first-order valence-corrected chi connectivity index (χ1v) is 9.46. The minimum atomic E-state index is -0.336. The Morgan fingerprint density at radius 3 is 2.76 bits per heavy atom. The average molecular weight is 343 g/mol. The van der Waals surface area contributed by atoms with Crippen LogP contribution < -0.4 is 5.32 Å². The number of carbonyl (C=O) groups is 2. The highest BCUT2D eigenvalue weighted by molar-refractivity contribution is 5.88. The molecule has 2 fully saturated rings. The van der Waals surface area contributed by atoms with Crippen molar-refractivity contribution < 1.29 is 9.59 Å². The number of carbonyl (C=O) groups excluding carboxylic acids is 2. The lowest BCUT2D eigenvalue weighted by atomic mass is 9.99. The SMILES string of the molecule is CN(C[C@H]1CCCCN1Cc1ccccc1)C(=O)[C@H]1CCCC(=O)N1. The Labute approximate surface area is 150 Å². The first-order valence-electron chi connectivity index (χ1n) is 9.46. The van der Waals surface area contributed by atoms with E-state index in [2.05, 4.69) is 34.5 Å². The molecular formula is C20H29N3O2. The largest absolute Gasteiger partial charge is 0.344 e. The van der Waals surface area contributed by atoms with Gasteiger partial charge in [0.1, 0.15) is 6.04 Å². The van der Waals surface area contributed by atoms with Gasteiger partial charge in [-0.1, -0.05) is 36.8 Å². The second-order valence-electron chi connectivity index (χ2n) is 7.34. The normalized spacial score (nSPS) is 24.6. The Morgan fingerprint density at radius 2 is 2.00 bits per heavy atom. The standard InChI is InChI=1S/C20H29N3O2/c1-22(20(25)18-11-7-12-19(24)21-18)15-17-10-5-6-13-23(17)14-16-8-3-2-4-9-16/h2-4,8-9,17-18H,5-7,10-15H2,1H3,(H,21,24)/t17-,18-/m1/s1. The molecule has 1 aromatic rings. The summed E-state index contributed by atoms with van der Waals surface area (Å²) in [5.41, 5.74) is 1.32. The quantitative estimate of drug-likeness (QED) is 0.891. The summed E-state index contributed by atoms with van der Waals surface area (Å²) in [7, 11) is 1.87. The van der Waals surface area contributed by atoms with Crippen LogP contribution in [0.25, 0.3) is 0 Å². The zero-order chi connectivity index (χ0) is 17.6. The van der Waals surface area contributed by atoms with Crippen LogP contribution in [0.1, 0.15) is 44.1 Å². The van der Waals surface area contributed by atoms with Crippen molar-refractivity contribution in [3.05, 3.63) is 35.9 Å². The van der Waals surface area contributed by atoms with Gasteiger partial charge in [-0.05, 0) is 37.8 Å². The van der Waals surface area contributed by atoms with Crippen molar-refractivity contribution >= 4 is 11.8 Å². The van der Waals surface area contributed by atoms with E-state index in [1.54, 1.807) is 0 Å². The van der Waals surface area contributed by atoms with Gasteiger partial charge < -0.3 is 10.2 Å². The van der Waals surface area contributed by atoms with E-state index in [4.69, 9.17) is 0 Å². The number of benzene rings is 1. The summed E-state index contributed by atoms with van der Waals surface area (Å²) in [5.74, 6) is 0.0552. The number of hydrogen-bond acceptors (Lipinski definition) is 3. The second-order valence-corrected chi connectivity index (χ2v) is 7.34. The van der Waals surface area contributed by atoms with Gasteiger partial charge in [-0.15, -0.1) is 0 Å². The number of nitrogens with one attached hydrogen (secondary N) is 1. The summed E-state index contributed by atoms with van der Waals surface area (Å²) < 4.78 is 0. The maximum atomic E-state index is 12.7. The third-order valence-electron chi connectivity index (χ3n) is 5.37. The molecule has 0 aromatic heterocycles. The van der Waals surface area contributed by atoms with Crippen LogP contribution in [0, 0.1) is 0 Å². The summed E-state index contributed by atoms with van der Waals surface area (Å²) in [6.07, 6.45) is 5.67. The molecule has 0 spiro atoms. The molecule has 25 heavy (non-hydrogen) atoms. The fourth-order valence-electron chi connectivity index (χ4n) is 3.96. The first kappa shape index (κ1) is 17.9. The monoisotopic (exact) mass is 343 g/mol. The number of piperidine rings is 2. The van der Waals surface area contributed by atoms with E-state index in [9.17, 15) is 9.59 Å². The molecular weight excluding hydrogens is 314 g/mol. The third kappa shape index (κ3) is 4.82. The highest BCUT2D eigenvalue weighted by Gasteiger charge is 2.30. The molecule has 136 valence electrons. The molecule has 5 heteroatoms. The predicted molar refractivity (Wildman–Crippen MR) is 97.9 cm³/mol. The smallest absolute Gasteiger partial charge is 0.244 e. The highest BCUT2D eigenvalue weighted by atomic mass is 16.2. The van der Waals surface area contributed by atoms with E-state index in [0.717, 1.165) is 38.9 Å². The minimum absolute atomic E-state index is 0.00127. The molecule has 2 aliphatic rings. The van der Waals surface area contributed by atoms with Crippen molar-refractivity contribution in [3.8, 4) is 0 Å². The van der Waals surface area contributed by atoms with Gasteiger partial charge in [0.25, 0.3) is 0 Å². The number of hydrogen-bond donors (Lipinski definition) is 1. The molecule has 2 aliphatic heterocycles. The van der Waals surface area contributed by atoms with Crippen LogP contribution in [0.3, 0.4) is 0 Å². The van der Waals surface area contributed by atoms with Crippen LogP contribution in [0.15, 0.2) is 30.3 Å². The Balaban J connectivity index is 1.58. The minimum Gasteiger partial charge on any atom is -0.344 e. The third-order valence-corrected chi connectivity index (χ3v) is 5.37. The summed E-state index contributed by atoms with van der Waals surface area (Å²) in [6.45, 7) is 2.76. The van der Waals surface area contributed by atoms with Crippen molar-refractivity contribution in [3.63, 3.8) is 0 Å². The number of nitrogens with zero attached hydrogens (tertiary/aromatic N) is 2. The van der Waals surface area contributed by atoms with Gasteiger partial charge in [-0.25, -0.2) is 0 Å². The fourth-order valence-corrected chi connectivity index (χ4v) is 3.96. The van der Waals surface area contributed by atoms with Gasteiger partial charge in [0.2, 0.25) is 11.8 Å². The maximum absolute atomic E-state index is 12.7. The summed E-state index contributed by atoms with van der Waals surface area (Å²) in [6, 6.07) is 10.6. The predicted octanol–water partition coefficient (Wildman–Crippen LogP) is 2.17. The van der Waals surface area contributed by atoms with Gasteiger partial charge >= 0.3 is 0 Å². The van der Waals surface area contributed by atoms with Crippen LogP contribution in [-0.2, 0) is 16.1 Å². The Bertz CT molecular complexity index is 590. The first-order chi connectivity index (χ1) is 12.1. The lowest BCUT2D eigenvalue weighted by molar-refractivity contribution is -0.137. The van der Waals surface area contributed by atoms with Gasteiger partial charge in [0.15, 0.2) is 0 Å².